The molecule has 1 aromatic rings. The highest BCUT2D eigenvalue weighted by Crippen LogP contribution is 2.12. The molecule has 0 saturated carbocycles. The second kappa shape index (κ2) is 7.24. The number of anilines is 1. The maximum atomic E-state index is 11.7. The van der Waals surface area contributed by atoms with Gasteiger partial charge in [0.25, 0.3) is 0 Å². The quantitative estimate of drug-likeness (QED) is 0.813. The maximum absolute atomic E-state index is 11.7. The molecule has 1 unspecified atom stereocenters. The molecule has 1 atom stereocenters. The van der Waals surface area contributed by atoms with E-state index < -0.39 is 0 Å². The largest absolute Gasteiger partial charge is 0.399 e. The molecule has 0 aliphatic carbocycles. The van der Waals surface area contributed by atoms with Crippen molar-refractivity contribution in [2.75, 3.05) is 25.5 Å². The van der Waals surface area contributed by atoms with Gasteiger partial charge in [-0.25, -0.2) is 0 Å². The second-order valence-electron chi connectivity index (χ2n) is 4.34. The topological polar surface area (TPSA) is 64.3 Å². The van der Waals surface area contributed by atoms with E-state index in [2.05, 4.69) is 5.32 Å². The van der Waals surface area contributed by atoms with Crippen molar-refractivity contribution < 1.29 is 9.53 Å². The summed E-state index contributed by atoms with van der Waals surface area (Å²) in [6.07, 6.45) is 1.67. The van der Waals surface area contributed by atoms with Crippen LogP contribution in [0.2, 0.25) is 0 Å². The monoisotopic (exact) mass is 270 g/mol. The molecule has 2 rings (SSSR count). The van der Waals surface area contributed by atoms with Gasteiger partial charge in [-0.3, -0.25) is 4.79 Å². The predicted octanol–water partition coefficient (Wildman–Crippen LogP) is 1.39. The van der Waals surface area contributed by atoms with E-state index in [9.17, 15) is 4.79 Å². The predicted molar refractivity (Wildman–Crippen MR) is 73.7 cm³/mol. The van der Waals surface area contributed by atoms with E-state index in [1.54, 1.807) is 0 Å². The van der Waals surface area contributed by atoms with Gasteiger partial charge >= 0.3 is 0 Å². The van der Waals surface area contributed by atoms with E-state index >= 15 is 0 Å². The van der Waals surface area contributed by atoms with E-state index in [0.717, 1.165) is 18.5 Å². The van der Waals surface area contributed by atoms with Gasteiger partial charge in [-0.15, -0.1) is 12.4 Å². The van der Waals surface area contributed by atoms with E-state index in [4.69, 9.17) is 10.5 Å². The number of halogens is 1. The summed E-state index contributed by atoms with van der Waals surface area (Å²) >= 11 is 0. The lowest BCUT2D eigenvalue weighted by molar-refractivity contribution is -0.124. The van der Waals surface area contributed by atoms with Gasteiger partial charge in [0.15, 0.2) is 0 Å². The number of carbonyl (C=O) groups is 1. The molecule has 0 bridgehead atoms. The molecular weight excluding hydrogens is 252 g/mol. The van der Waals surface area contributed by atoms with Crippen molar-refractivity contribution in [3.8, 4) is 0 Å². The molecule has 18 heavy (non-hydrogen) atoms. The van der Waals surface area contributed by atoms with Crippen LogP contribution in [0.5, 0.6) is 0 Å². The third kappa shape index (κ3) is 4.20. The number of amides is 1. The van der Waals surface area contributed by atoms with Gasteiger partial charge in [0.2, 0.25) is 5.91 Å². The van der Waals surface area contributed by atoms with E-state index in [1.165, 1.54) is 5.56 Å². The molecule has 0 spiro atoms. The van der Waals surface area contributed by atoms with Crippen molar-refractivity contribution in [1.82, 2.24) is 5.32 Å². The molecule has 0 aromatic heterocycles. The third-order valence-electron chi connectivity index (χ3n) is 2.99. The Labute approximate surface area is 113 Å². The average Bonchev–Trinajstić information content (AvgIpc) is 2.85. The number of nitrogens with two attached hydrogens (primary N) is 1. The summed E-state index contributed by atoms with van der Waals surface area (Å²) in [7, 11) is 0. The summed E-state index contributed by atoms with van der Waals surface area (Å²) < 4.78 is 5.18. The highest BCUT2D eigenvalue weighted by molar-refractivity contribution is 5.85. The summed E-state index contributed by atoms with van der Waals surface area (Å²) in [4.78, 5) is 11.7. The molecule has 1 amide bonds. The minimum atomic E-state index is 0. The van der Waals surface area contributed by atoms with Gasteiger partial charge in [0, 0.05) is 18.8 Å². The second-order valence-corrected chi connectivity index (χ2v) is 4.34. The summed E-state index contributed by atoms with van der Waals surface area (Å²) in [5.41, 5.74) is 7.55. The van der Waals surface area contributed by atoms with Crippen LogP contribution in [0.3, 0.4) is 0 Å². The Morgan fingerprint density at radius 1 is 1.39 bits per heavy atom. The van der Waals surface area contributed by atoms with Gasteiger partial charge in [0.05, 0.1) is 12.5 Å². The molecule has 1 fully saturated rings. The van der Waals surface area contributed by atoms with Crippen molar-refractivity contribution in [3.63, 3.8) is 0 Å². The van der Waals surface area contributed by atoms with Crippen LogP contribution in [0.1, 0.15) is 12.0 Å². The number of carbonyl (C=O) groups excluding carboxylic acids is 1. The first-order chi connectivity index (χ1) is 8.25. The van der Waals surface area contributed by atoms with Crippen molar-refractivity contribution >= 4 is 24.0 Å². The first-order valence-corrected chi connectivity index (χ1v) is 5.95. The van der Waals surface area contributed by atoms with E-state index in [-0.39, 0.29) is 24.2 Å². The van der Waals surface area contributed by atoms with Crippen molar-refractivity contribution in [1.29, 1.82) is 0 Å². The SMILES string of the molecule is Cl.Nc1ccc(CCNC(=O)C2CCOC2)cc1. The zero-order valence-electron chi connectivity index (χ0n) is 10.2. The summed E-state index contributed by atoms with van der Waals surface area (Å²) in [5, 5.41) is 2.94. The van der Waals surface area contributed by atoms with Gasteiger partial charge in [0.1, 0.15) is 0 Å². The number of nitrogen functional groups attached to an aromatic ring is 1. The molecule has 1 aliphatic rings. The van der Waals surface area contributed by atoms with Crippen LogP contribution in [-0.2, 0) is 16.0 Å². The molecule has 1 saturated heterocycles. The third-order valence-corrected chi connectivity index (χ3v) is 2.99. The minimum Gasteiger partial charge on any atom is -0.399 e. The van der Waals surface area contributed by atoms with Crippen LogP contribution in [0.4, 0.5) is 5.69 Å². The number of hydrogen-bond donors (Lipinski definition) is 2. The fraction of sp³-hybridized carbons (Fsp3) is 0.462. The molecule has 100 valence electrons. The molecule has 0 radical (unpaired) electrons. The standard InChI is InChI=1S/C13H18N2O2.ClH/c14-12-3-1-10(2-4-12)5-7-15-13(16)11-6-8-17-9-11;/h1-4,11H,5-9,14H2,(H,15,16);1H. The van der Waals surface area contributed by atoms with Gasteiger partial charge in [-0.05, 0) is 30.5 Å². The molecule has 5 heteroatoms. The van der Waals surface area contributed by atoms with Gasteiger partial charge in [-0.1, -0.05) is 12.1 Å². The van der Waals surface area contributed by atoms with Gasteiger partial charge < -0.3 is 15.8 Å². The minimum absolute atomic E-state index is 0. The van der Waals surface area contributed by atoms with Crippen LogP contribution >= 0.6 is 12.4 Å². The summed E-state index contributed by atoms with van der Waals surface area (Å²) in [5.74, 6) is 0.152. The number of rotatable bonds is 4. The average molecular weight is 271 g/mol. The van der Waals surface area contributed by atoms with Crippen molar-refractivity contribution in [2.45, 2.75) is 12.8 Å². The lowest BCUT2D eigenvalue weighted by Crippen LogP contribution is -2.32. The lowest BCUT2D eigenvalue weighted by atomic mass is 10.1. The number of hydrogen-bond acceptors (Lipinski definition) is 3. The summed E-state index contributed by atoms with van der Waals surface area (Å²) in [6, 6.07) is 7.73. The number of nitrogens with one attached hydrogen (secondary N) is 1. The first kappa shape index (κ1) is 14.8. The molecule has 1 aromatic carbocycles. The highest BCUT2D eigenvalue weighted by Gasteiger charge is 2.22. The lowest BCUT2D eigenvalue weighted by Gasteiger charge is -2.09. The Bertz CT molecular complexity index is 375. The smallest absolute Gasteiger partial charge is 0.225 e. The molecule has 1 aliphatic heterocycles. The Balaban J connectivity index is 0.00000162. The molecule has 4 nitrogen and oxygen atoms in total. The van der Waals surface area contributed by atoms with Crippen LogP contribution in [-0.4, -0.2) is 25.7 Å². The van der Waals surface area contributed by atoms with Crippen LogP contribution in [0.15, 0.2) is 24.3 Å². The van der Waals surface area contributed by atoms with Crippen LogP contribution in [0, 0.1) is 5.92 Å². The fourth-order valence-corrected chi connectivity index (χ4v) is 1.90. The zero-order valence-corrected chi connectivity index (χ0v) is 11.0. The Morgan fingerprint density at radius 2 is 2.11 bits per heavy atom. The van der Waals surface area contributed by atoms with Crippen molar-refractivity contribution in [3.05, 3.63) is 29.8 Å². The molecule has 3 N–H and O–H groups in total. The number of ether oxygens (including phenoxy) is 1. The molecule has 1 heterocycles. The van der Waals surface area contributed by atoms with E-state index in [0.29, 0.717) is 19.8 Å². The normalized spacial score (nSPS) is 18.1. The maximum Gasteiger partial charge on any atom is 0.225 e. The van der Waals surface area contributed by atoms with E-state index in [1.807, 2.05) is 24.3 Å². The fourth-order valence-electron chi connectivity index (χ4n) is 1.90. The Hall–Kier alpha value is -1.26. The van der Waals surface area contributed by atoms with Crippen LogP contribution in [0.25, 0.3) is 0 Å². The number of benzene rings is 1. The van der Waals surface area contributed by atoms with Crippen molar-refractivity contribution in [2.24, 2.45) is 5.92 Å². The zero-order chi connectivity index (χ0) is 12.1. The Morgan fingerprint density at radius 3 is 2.72 bits per heavy atom. The van der Waals surface area contributed by atoms with Gasteiger partial charge in [-0.2, -0.15) is 0 Å². The summed E-state index contributed by atoms with van der Waals surface area (Å²) in [6.45, 7) is 1.93. The Kier molecular flexibility index (Phi) is 5.95. The van der Waals surface area contributed by atoms with Crippen LogP contribution < -0.4 is 11.1 Å². The molecular formula is C13H19ClN2O2. The highest BCUT2D eigenvalue weighted by atomic mass is 35.5. The first-order valence-electron chi connectivity index (χ1n) is 5.95.